The predicted octanol–water partition coefficient (Wildman–Crippen LogP) is 4.95. The molecule has 4 heterocycles. The Morgan fingerprint density at radius 3 is 2.50 bits per heavy atom. The highest BCUT2D eigenvalue weighted by Gasteiger charge is 2.59. The lowest BCUT2D eigenvalue weighted by Crippen LogP contribution is -2.66. The van der Waals surface area contributed by atoms with E-state index in [-0.39, 0.29) is 30.7 Å². The SMILES string of the molecule is COc1ccc2[nH]c3c(c2c1)CCN1C(=O)C(CC(=O)NCc2ccc(OC)c(OC)c2)C[C@H](C(=O)N2CCOCC2)[C@@]31CCC1CCCC1. The Morgan fingerprint density at radius 2 is 1.76 bits per heavy atom. The Hall–Kier alpha value is -4.25. The summed E-state index contributed by atoms with van der Waals surface area (Å²) in [6.45, 7) is 2.82. The zero-order valence-electron chi connectivity index (χ0n) is 29.6. The van der Waals surface area contributed by atoms with Gasteiger partial charge in [0.15, 0.2) is 11.5 Å². The number of rotatable bonds is 11. The average Bonchev–Trinajstić information content (AvgIpc) is 3.82. The van der Waals surface area contributed by atoms with Gasteiger partial charge in [-0.1, -0.05) is 31.7 Å². The van der Waals surface area contributed by atoms with Gasteiger partial charge in [0.25, 0.3) is 0 Å². The number of piperidine rings is 1. The van der Waals surface area contributed by atoms with Crippen molar-refractivity contribution in [3.8, 4) is 17.2 Å². The molecule has 3 amide bonds. The van der Waals surface area contributed by atoms with Gasteiger partial charge in [-0.15, -0.1) is 0 Å². The highest BCUT2D eigenvalue weighted by molar-refractivity contribution is 5.93. The van der Waals surface area contributed by atoms with Crippen molar-refractivity contribution in [2.24, 2.45) is 17.8 Å². The highest BCUT2D eigenvalue weighted by atomic mass is 16.5. The van der Waals surface area contributed by atoms with E-state index in [4.69, 9.17) is 18.9 Å². The Kier molecular flexibility index (Phi) is 9.95. The van der Waals surface area contributed by atoms with Crippen molar-refractivity contribution < 1.29 is 33.3 Å². The topological polar surface area (TPSA) is 122 Å². The van der Waals surface area contributed by atoms with Crippen molar-refractivity contribution in [2.75, 3.05) is 54.2 Å². The summed E-state index contributed by atoms with van der Waals surface area (Å²) in [7, 11) is 4.83. The molecule has 1 saturated carbocycles. The summed E-state index contributed by atoms with van der Waals surface area (Å²) >= 11 is 0. The van der Waals surface area contributed by atoms with Gasteiger partial charge in [-0.3, -0.25) is 14.4 Å². The summed E-state index contributed by atoms with van der Waals surface area (Å²) in [6.07, 6.45) is 7.49. The second kappa shape index (κ2) is 14.5. The number of amides is 3. The third-order valence-corrected chi connectivity index (χ3v) is 11.7. The number of morpholine rings is 1. The van der Waals surface area contributed by atoms with Gasteiger partial charge in [0.1, 0.15) is 5.75 Å². The summed E-state index contributed by atoms with van der Waals surface area (Å²) in [5, 5.41) is 4.10. The molecule has 3 atom stereocenters. The normalized spacial score (nSPS) is 23.8. The van der Waals surface area contributed by atoms with Gasteiger partial charge in [-0.25, -0.2) is 0 Å². The molecule has 3 aromatic rings. The number of nitrogens with one attached hydrogen (secondary N) is 2. The summed E-state index contributed by atoms with van der Waals surface area (Å²) < 4.78 is 22.0. The number of ether oxygens (including phenoxy) is 4. The number of nitrogens with zero attached hydrogens (tertiary/aromatic N) is 2. The number of hydrogen-bond donors (Lipinski definition) is 2. The van der Waals surface area contributed by atoms with Crippen LogP contribution in [0.3, 0.4) is 0 Å². The number of aromatic nitrogens is 1. The van der Waals surface area contributed by atoms with E-state index in [0.717, 1.165) is 34.3 Å². The van der Waals surface area contributed by atoms with Crippen LogP contribution in [0.5, 0.6) is 17.2 Å². The first-order valence-electron chi connectivity index (χ1n) is 18.2. The fourth-order valence-corrected chi connectivity index (χ4v) is 9.14. The zero-order valence-corrected chi connectivity index (χ0v) is 29.6. The Morgan fingerprint density at radius 1 is 0.980 bits per heavy atom. The molecule has 2 N–H and O–H groups in total. The van der Waals surface area contributed by atoms with Crippen LogP contribution in [0.25, 0.3) is 10.9 Å². The van der Waals surface area contributed by atoms with E-state index in [1.165, 1.54) is 31.2 Å². The van der Waals surface area contributed by atoms with Crippen LogP contribution < -0.4 is 19.5 Å². The third-order valence-electron chi connectivity index (χ3n) is 11.7. The first kappa shape index (κ1) is 34.2. The molecule has 1 aliphatic carbocycles. The minimum atomic E-state index is -0.832. The van der Waals surface area contributed by atoms with Crippen LogP contribution in [0.15, 0.2) is 36.4 Å². The van der Waals surface area contributed by atoms with Crippen LogP contribution in [0, 0.1) is 17.8 Å². The lowest BCUT2D eigenvalue weighted by atomic mass is 9.64. The summed E-state index contributed by atoms with van der Waals surface area (Å²) in [5.41, 5.74) is 3.17. The van der Waals surface area contributed by atoms with Gasteiger partial charge in [0.2, 0.25) is 17.7 Å². The van der Waals surface area contributed by atoms with E-state index in [2.05, 4.69) is 16.4 Å². The van der Waals surface area contributed by atoms with Gasteiger partial charge < -0.3 is 39.0 Å². The molecular formula is C39H50N4O7. The summed E-state index contributed by atoms with van der Waals surface area (Å²) in [4.78, 5) is 50.8. The second-order valence-corrected chi connectivity index (χ2v) is 14.3. The molecule has 11 nitrogen and oxygen atoms in total. The summed E-state index contributed by atoms with van der Waals surface area (Å²) in [5.74, 6) is 1.24. The monoisotopic (exact) mass is 686 g/mol. The number of methoxy groups -OCH3 is 3. The molecule has 0 radical (unpaired) electrons. The highest BCUT2D eigenvalue weighted by Crippen LogP contribution is 2.54. The van der Waals surface area contributed by atoms with E-state index < -0.39 is 17.4 Å². The molecule has 4 aliphatic rings. The van der Waals surface area contributed by atoms with Crippen LogP contribution in [0.4, 0.5) is 0 Å². The number of hydrogen-bond acceptors (Lipinski definition) is 7. The number of fused-ring (bicyclic) bond motifs is 5. The van der Waals surface area contributed by atoms with Crippen molar-refractivity contribution in [1.29, 1.82) is 0 Å². The van der Waals surface area contributed by atoms with Crippen molar-refractivity contribution in [2.45, 2.75) is 69.9 Å². The van der Waals surface area contributed by atoms with Crippen molar-refractivity contribution in [3.05, 3.63) is 53.2 Å². The summed E-state index contributed by atoms with van der Waals surface area (Å²) in [6, 6.07) is 11.6. The molecule has 3 aliphatic heterocycles. The predicted molar refractivity (Wildman–Crippen MR) is 188 cm³/mol. The van der Waals surface area contributed by atoms with Crippen molar-refractivity contribution in [3.63, 3.8) is 0 Å². The maximum atomic E-state index is 14.9. The zero-order chi connectivity index (χ0) is 34.8. The molecule has 50 heavy (non-hydrogen) atoms. The fourth-order valence-electron chi connectivity index (χ4n) is 9.14. The maximum Gasteiger partial charge on any atom is 0.228 e. The molecule has 2 saturated heterocycles. The molecule has 0 spiro atoms. The number of H-pyrrole nitrogens is 1. The van der Waals surface area contributed by atoms with Gasteiger partial charge in [0, 0.05) is 55.1 Å². The minimum absolute atomic E-state index is 0.0188. The van der Waals surface area contributed by atoms with E-state index in [9.17, 15) is 14.4 Å². The molecule has 11 heteroatoms. The van der Waals surface area contributed by atoms with Crippen molar-refractivity contribution in [1.82, 2.24) is 20.1 Å². The van der Waals surface area contributed by atoms with Gasteiger partial charge >= 0.3 is 0 Å². The molecule has 0 bridgehead atoms. The number of benzene rings is 2. The first-order chi connectivity index (χ1) is 24.4. The first-order valence-corrected chi connectivity index (χ1v) is 18.2. The molecular weight excluding hydrogens is 636 g/mol. The Labute approximate surface area is 293 Å². The van der Waals surface area contributed by atoms with E-state index >= 15 is 0 Å². The van der Waals surface area contributed by atoms with E-state index in [0.29, 0.717) is 69.5 Å². The molecule has 268 valence electrons. The average molecular weight is 687 g/mol. The lowest BCUT2D eigenvalue weighted by Gasteiger charge is -2.56. The minimum Gasteiger partial charge on any atom is -0.497 e. The number of aromatic amines is 1. The molecule has 7 rings (SSSR count). The van der Waals surface area contributed by atoms with Gasteiger partial charge in [0.05, 0.1) is 46.0 Å². The van der Waals surface area contributed by atoms with Crippen LogP contribution in [-0.4, -0.2) is 86.7 Å². The fraction of sp³-hybridized carbons (Fsp3) is 0.564. The van der Waals surface area contributed by atoms with Crippen LogP contribution >= 0.6 is 0 Å². The van der Waals surface area contributed by atoms with Crippen molar-refractivity contribution >= 4 is 28.6 Å². The molecule has 3 fully saturated rings. The van der Waals surface area contributed by atoms with Gasteiger partial charge in [-0.05, 0) is 73.1 Å². The van der Waals surface area contributed by atoms with E-state index in [1.807, 2.05) is 40.1 Å². The number of carbonyl (C=O) groups is 3. The quantitative estimate of drug-likeness (QED) is 0.293. The number of carbonyl (C=O) groups excluding carboxylic acids is 3. The Bertz CT molecular complexity index is 1730. The maximum absolute atomic E-state index is 14.9. The molecule has 1 aromatic heterocycles. The smallest absolute Gasteiger partial charge is 0.228 e. The van der Waals surface area contributed by atoms with Crippen LogP contribution in [0.1, 0.15) is 68.2 Å². The van der Waals surface area contributed by atoms with Crippen LogP contribution in [0.2, 0.25) is 0 Å². The van der Waals surface area contributed by atoms with E-state index in [1.54, 1.807) is 21.3 Å². The molecule has 1 unspecified atom stereocenters. The standard InChI is InChI=1S/C39H50N4O7/c1-47-28-9-10-32-30(23-28)29-13-15-43-37(45)27(22-35(44)40-24-26-8-11-33(48-2)34(20-26)49-3)21-31(38(46)42-16-18-50-19-17-42)39(43,36(29)41-32)14-12-25-6-4-5-7-25/h8-11,20,23,25,27,31,41H,4-7,12-19,21-22,24H2,1-3H3,(H,40,44)/t27?,31-,39+/m1/s1. The molecule has 2 aromatic carbocycles. The van der Waals surface area contributed by atoms with Gasteiger partial charge in [-0.2, -0.15) is 0 Å². The second-order valence-electron chi connectivity index (χ2n) is 14.3. The largest absolute Gasteiger partial charge is 0.497 e. The Balaban J connectivity index is 1.23. The third kappa shape index (κ3) is 6.29. The lowest BCUT2D eigenvalue weighted by molar-refractivity contribution is -0.169. The van der Waals surface area contributed by atoms with Crippen LogP contribution in [-0.2, 0) is 37.6 Å².